The van der Waals surface area contributed by atoms with E-state index < -0.39 is 0 Å². The van der Waals surface area contributed by atoms with Gasteiger partial charge < -0.3 is 20.1 Å². The number of hydrogen-bond donors (Lipinski definition) is 2. The molecule has 0 bridgehead atoms. The Hall–Kier alpha value is -2.05. The summed E-state index contributed by atoms with van der Waals surface area (Å²) in [6.07, 6.45) is 7.79. The van der Waals surface area contributed by atoms with E-state index in [9.17, 15) is 9.59 Å². The Balaban J connectivity index is 1.73. The molecule has 1 aromatic heterocycles. The molecule has 1 aromatic rings. The number of carbonyl (C=O) groups excluding carboxylic acids is 2. The van der Waals surface area contributed by atoms with Crippen LogP contribution in [0.25, 0.3) is 0 Å². The number of urea groups is 1. The maximum Gasteiger partial charge on any atom is 0.317 e. The van der Waals surface area contributed by atoms with Crippen LogP contribution in [0.4, 0.5) is 4.79 Å². The van der Waals surface area contributed by atoms with E-state index in [1.165, 1.54) is 0 Å². The van der Waals surface area contributed by atoms with E-state index >= 15 is 0 Å². The number of likely N-dealkylation sites (tertiary alicyclic amines) is 1. The number of carbonyl (C=O) groups is 2. The molecule has 0 aliphatic carbocycles. The second-order valence-corrected chi connectivity index (χ2v) is 7.47. The van der Waals surface area contributed by atoms with Gasteiger partial charge in [0, 0.05) is 51.0 Å². The molecule has 2 atom stereocenters. The monoisotopic (exact) mass is 349 g/mol. The highest BCUT2D eigenvalue weighted by atomic mass is 16.2. The Morgan fingerprint density at radius 3 is 2.80 bits per heavy atom. The summed E-state index contributed by atoms with van der Waals surface area (Å²) >= 11 is 0. The molecule has 1 aliphatic heterocycles. The van der Waals surface area contributed by atoms with Gasteiger partial charge >= 0.3 is 6.03 Å². The van der Waals surface area contributed by atoms with Crippen LogP contribution in [0.5, 0.6) is 0 Å². The molecule has 25 heavy (non-hydrogen) atoms. The van der Waals surface area contributed by atoms with E-state index in [-0.39, 0.29) is 23.9 Å². The van der Waals surface area contributed by atoms with Crippen molar-refractivity contribution in [3.05, 3.63) is 18.7 Å². The van der Waals surface area contributed by atoms with Crippen LogP contribution in [-0.4, -0.2) is 52.1 Å². The lowest BCUT2D eigenvalue weighted by atomic mass is 9.94. The first-order chi connectivity index (χ1) is 11.9. The van der Waals surface area contributed by atoms with Gasteiger partial charge in [-0.05, 0) is 31.6 Å². The van der Waals surface area contributed by atoms with E-state index in [1.54, 1.807) is 12.5 Å². The zero-order valence-corrected chi connectivity index (χ0v) is 15.6. The quantitative estimate of drug-likeness (QED) is 0.788. The largest absolute Gasteiger partial charge is 0.352 e. The molecular formula is C18H31N5O2. The molecule has 2 N–H and O–H groups in total. The topological polar surface area (TPSA) is 79.3 Å². The van der Waals surface area contributed by atoms with Crippen molar-refractivity contribution >= 4 is 11.9 Å². The van der Waals surface area contributed by atoms with Gasteiger partial charge in [-0.3, -0.25) is 4.79 Å². The highest BCUT2D eigenvalue weighted by Crippen LogP contribution is 2.19. The molecule has 1 saturated heterocycles. The van der Waals surface area contributed by atoms with Gasteiger partial charge in [-0.25, -0.2) is 9.78 Å². The Morgan fingerprint density at radius 2 is 2.12 bits per heavy atom. The van der Waals surface area contributed by atoms with Crippen molar-refractivity contribution < 1.29 is 9.59 Å². The second kappa shape index (κ2) is 9.44. The average Bonchev–Trinajstić information content (AvgIpc) is 3.05. The molecule has 7 heteroatoms. The lowest BCUT2D eigenvalue weighted by molar-refractivity contribution is -0.123. The minimum atomic E-state index is -0.00714. The zero-order valence-electron chi connectivity index (χ0n) is 15.6. The van der Waals surface area contributed by atoms with Crippen LogP contribution in [0.1, 0.15) is 40.0 Å². The Kier molecular flexibility index (Phi) is 7.28. The van der Waals surface area contributed by atoms with Gasteiger partial charge in [0.15, 0.2) is 0 Å². The summed E-state index contributed by atoms with van der Waals surface area (Å²) in [5.74, 6) is 0.730. The van der Waals surface area contributed by atoms with Crippen LogP contribution in [0.15, 0.2) is 18.7 Å². The molecule has 2 rings (SSSR count). The zero-order chi connectivity index (χ0) is 18.2. The molecule has 0 aromatic carbocycles. The fourth-order valence-corrected chi connectivity index (χ4v) is 3.17. The number of imidazole rings is 1. The summed E-state index contributed by atoms with van der Waals surface area (Å²) in [5, 5.41) is 6.00. The summed E-state index contributed by atoms with van der Waals surface area (Å²) in [6, 6.07) is 0.0445. The molecule has 0 unspecified atom stereocenters. The van der Waals surface area contributed by atoms with Gasteiger partial charge in [0.2, 0.25) is 5.91 Å². The molecule has 0 radical (unpaired) electrons. The summed E-state index contributed by atoms with van der Waals surface area (Å²) in [6.45, 7) is 8.98. The smallest absolute Gasteiger partial charge is 0.317 e. The summed E-state index contributed by atoms with van der Waals surface area (Å²) in [4.78, 5) is 30.3. The number of nitrogens with one attached hydrogen (secondary N) is 2. The van der Waals surface area contributed by atoms with Crippen molar-refractivity contribution in [3.63, 3.8) is 0 Å². The molecule has 0 saturated carbocycles. The molecular weight excluding hydrogens is 318 g/mol. The van der Waals surface area contributed by atoms with Crippen molar-refractivity contribution in [2.75, 3.05) is 19.6 Å². The number of aromatic nitrogens is 2. The van der Waals surface area contributed by atoms with Crippen LogP contribution in [0.2, 0.25) is 0 Å². The predicted molar refractivity (Wildman–Crippen MR) is 97.0 cm³/mol. The fraction of sp³-hybridized carbons (Fsp3) is 0.722. The van der Waals surface area contributed by atoms with Crippen molar-refractivity contribution in [2.24, 2.45) is 11.8 Å². The molecule has 2 heterocycles. The third kappa shape index (κ3) is 6.76. The Morgan fingerprint density at radius 1 is 1.32 bits per heavy atom. The molecule has 7 nitrogen and oxygen atoms in total. The van der Waals surface area contributed by atoms with Crippen molar-refractivity contribution in [2.45, 2.75) is 52.6 Å². The van der Waals surface area contributed by atoms with Crippen molar-refractivity contribution in [1.82, 2.24) is 25.1 Å². The SMILES string of the molecule is CC(C)CNC(=O)N1CCC[C@@H](CC(=O)N[C@H](C)Cn2ccnc2)C1. The predicted octanol–water partition coefficient (Wildman–Crippen LogP) is 1.86. The first-order valence-corrected chi connectivity index (χ1v) is 9.22. The molecule has 140 valence electrons. The summed E-state index contributed by atoms with van der Waals surface area (Å²) in [5.41, 5.74) is 0. The highest BCUT2D eigenvalue weighted by Gasteiger charge is 2.25. The maximum atomic E-state index is 12.3. The molecule has 1 fully saturated rings. The summed E-state index contributed by atoms with van der Waals surface area (Å²) < 4.78 is 1.95. The van der Waals surface area contributed by atoms with Crippen molar-refractivity contribution in [1.29, 1.82) is 0 Å². The summed E-state index contributed by atoms with van der Waals surface area (Å²) in [7, 11) is 0. The van der Waals surface area contributed by atoms with Gasteiger partial charge in [0.1, 0.15) is 0 Å². The van der Waals surface area contributed by atoms with Crippen LogP contribution in [0, 0.1) is 11.8 Å². The van der Waals surface area contributed by atoms with Crippen molar-refractivity contribution in [3.8, 4) is 0 Å². The number of nitrogens with zero attached hydrogens (tertiary/aromatic N) is 3. The van der Waals surface area contributed by atoms with E-state index in [2.05, 4.69) is 29.5 Å². The Bertz CT molecular complexity index is 544. The van der Waals surface area contributed by atoms with Crippen LogP contribution >= 0.6 is 0 Å². The van der Waals surface area contributed by atoms with Gasteiger partial charge in [0.25, 0.3) is 0 Å². The van der Waals surface area contributed by atoms with Gasteiger partial charge in [0.05, 0.1) is 6.33 Å². The fourth-order valence-electron chi connectivity index (χ4n) is 3.17. The lowest BCUT2D eigenvalue weighted by Crippen LogP contribution is -2.47. The first kappa shape index (κ1) is 19.3. The van der Waals surface area contributed by atoms with Crippen LogP contribution in [-0.2, 0) is 11.3 Å². The van der Waals surface area contributed by atoms with E-state index in [1.807, 2.05) is 22.6 Å². The lowest BCUT2D eigenvalue weighted by Gasteiger charge is -2.33. The minimum absolute atomic E-state index is 0.00714. The molecule has 3 amide bonds. The number of piperidine rings is 1. The number of amides is 3. The Labute approximate surface area is 150 Å². The van der Waals surface area contributed by atoms with E-state index in [0.717, 1.165) is 19.4 Å². The first-order valence-electron chi connectivity index (χ1n) is 9.22. The van der Waals surface area contributed by atoms with Gasteiger partial charge in [-0.2, -0.15) is 0 Å². The second-order valence-electron chi connectivity index (χ2n) is 7.47. The maximum absolute atomic E-state index is 12.3. The standard InChI is InChI=1S/C18H31N5O2/c1-14(2)10-20-18(25)23-7-4-5-16(12-23)9-17(24)21-15(3)11-22-8-6-19-13-22/h6,8,13-16H,4-5,7,9-12H2,1-3H3,(H,20,25)(H,21,24)/t15-,16+/m1/s1. The number of rotatable bonds is 7. The molecule has 1 aliphatic rings. The highest BCUT2D eigenvalue weighted by molar-refractivity contribution is 5.77. The number of hydrogen-bond acceptors (Lipinski definition) is 3. The van der Waals surface area contributed by atoms with Crippen LogP contribution in [0.3, 0.4) is 0 Å². The average molecular weight is 349 g/mol. The third-order valence-corrected chi connectivity index (χ3v) is 4.39. The molecule has 0 spiro atoms. The third-order valence-electron chi connectivity index (χ3n) is 4.39. The van der Waals surface area contributed by atoms with Crippen LogP contribution < -0.4 is 10.6 Å². The minimum Gasteiger partial charge on any atom is -0.352 e. The normalized spacial score (nSPS) is 18.9. The van der Waals surface area contributed by atoms with Gasteiger partial charge in [-0.15, -0.1) is 0 Å². The van der Waals surface area contributed by atoms with Gasteiger partial charge in [-0.1, -0.05) is 13.8 Å². The van der Waals surface area contributed by atoms with E-state index in [4.69, 9.17) is 0 Å². The van der Waals surface area contributed by atoms with E-state index in [0.29, 0.717) is 32.0 Å².